The number of anilines is 1. The fraction of sp³-hybridized carbons (Fsp3) is 0.667. The van der Waals surface area contributed by atoms with Gasteiger partial charge in [-0.2, -0.15) is 0 Å². The SMILES string of the molecule is CCNC(=O)N1CCN(c2cc(Cl)nc(SCC(=O)N3CCN(C(=O)OCC)CC3)n2)CC1C. The summed E-state index contributed by atoms with van der Waals surface area (Å²) in [5, 5.41) is 3.58. The van der Waals surface area contributed by atoms with E-state index in [2.05, 4.69) is 20.2 Å². The molecule has 13 heteroatoms. The van der Waals surface area contributed by atoms with Crippen LogP contribution in [0.1, 0.15) is 20.8 Å². The maximum Gasteiger partial charge on any atom is 0.409 e. The van der Waals surface area contributed by atoms with Gasteiger partial charge in [-0.3, -0.25) is 4.79 Å². The number of piperazine rings is 2. The number of nitrogens with one attached hydrogen (secondary N) is 1. The maximum atomic E-state index is 12.7. The molecule has 1 unspecified atom stereocenters. The number of thioether (sulfide) groups is 1. The summed E-state index contributed by atoms with van der Waals surface area (Å²) < 4.78 is 5.01. The minimum atomic E-state index is -0.343. The third kappa shape index (κ3) is 6.78. The molecule has 2 saturated heterocycles. The molecule has 1 aromatic heterocycles. The Morgan fingerprint density at radius 3 is 2.47 bits per heavy atom. The topological polar surface area (TPSA) is 111 Å². The standard InChI is InChI=1S/C21H32ClN7O4S/c1-4-23-20(31)29-11-10-28(13-15(29)3)17-12-16(22)24-19(25-17)34-14-18(30)26-6-8-27(9-7-26)21(32)33-5-2/h12,15H,4-11,13-14H2,1-3H3,(H,23,31). The molecule has 188 valence electrons. The zero-order valence-electron chi connectivity index (χ0n) is 19.8. The largest absolute Gasteiger partial charge is 0.450 e. The first-order valence-corrected chi connectivity index (χ1v) is 12.8. The van der Waals surface area contributed by atoms with Gasteiger partial charge in [0.25, 0.3) is 0 Å². The molecule has 3 heterocycles. The molecule has 0 aromatic carbocycles. The predicted molar refractivity (Wildman–Crippen MR) is 130 cm³/mol. The van der Waals surface area contributed by atoms with Crippen LogP contribution in [0.5, 0.6) is 0 Å². The van der Waals surface area contributed by atoms with Crippen molar-refractivity contribution in [2.75, 3.05) is 69.6 Å². The van der Waals surface area contributed by atoms with Crippen LogP contribution < -0.4 is 10.2 Å². The van der Waals surface area contributed by atoms with Crippen molar-refractivity contribution in [2.24, 2.45) is 0 Å². The molecule has 2 aliphatic heterocycles. The van der Waals surface area contributed by atoms with Crippen molar-refractivity contribution < 1.29 is 19.1 Å². The first kappa shape index (κ1) is 26.1. The fourth-order valence-corrected chi connectivity index (χ4v) is 4.89. The van der Waals surface area contributed by atoms with Gasteiger partial charge < -0.3 is 29.7 Å². The lowest BCUT2D eigenvalue weighted by molar-refractivity contribution is -0.129. The average molecular weight is 514 g/mol. The van der Waals surface area contributed by atoms with Gasteiger partial charge in [-0.05, 0) is 20.8 Å². The van der Waals surface area contributed by atoms with Gasteiger partial charge in [-0.25, -0.2) is 19.6 Å². The Bertz CT molecular complexity index is 885. The quantitative estimate of drug-likeness (QED) is 0.348. The van der Waals surface area contributed by atoms with Crippen molar-refractivity contribution in [3.05, 3.63) is 11.2 Å². The molecule has 0 saturated carbocycles. The molecule has 0 spiro atoms. The van der Waals surface area contributed by atoms with Crippen molar-refractivity contribution in [3.63, 3.8) is 0 Å². The summed E-state index contributed by atoms with van der Waals surface area (Å²) in [6.45, 7) is 10.3. The molecule has 0 aliphatic carbocycles. The van der Waals surface area contributed by atoms with Crippen LogP contribution in [0, 0.1) is 0 Å². The Hall–Kier alpha value is -2.47. The summed E-state index contributed by atoms with van der Waals surface area (Å²) in [5.41, 5.74) is 0. The number of halogens is 1. The molecule has 0 bridgehead atoms. The number of aromatic nitrogens is 2. The van der Waals surface area contributed by atoms with Gasteiger partial charge in [-0.1, -0.05) is 23.4 Å². The molecule has 34 heavy (non-hydrogen) atoms. The van der Waals surface area contributed by atoms with Crippen molar-refractivity contribution in [1.82, 2.24) is 30.0 Å². The highest BCUT2D eigenvalue weighted by Gasteiger charge is 2.29. The molecule has 0 radical (unpaired) electrons. The number of ether oxygens (including phenoxy) is 1. The summed E-state index contributed by atoms with van der Waals surface area (Å²) in [5.74, 6) is 0.823. The zero-order chi connectivity index (χ0) is 24.7. The molecule has 3 rings (SSSR count). The van der Waals surface area contributed by atoms with Crippen molar-refractivity contribution in [2.45, 2.75) is 32.0 Å². The van der Waals surface area contributed by atoms with E-state index in [9.17, 15) is 14.4 Å². The Balaban J connectivity index is 1.53. The number of rotatable bonds is 6. The van der Waals surface area contributed by atoms with Crippen LogP contribution in [0.4, 0.5) is 15.4 Å². The molecular formula is C21H32ClN7O4S. The van der Waals surface area contributed by atoms with Crippen molar-refractivity contribution >= 4 is 47.2 Å². The molecule has 2 fully saturated rings. The van der Waals surface area contributed by atoms with Crippen molar-refractivity contribution in [3.8, 4) is 0 Å². The van der Waals surface area contributed by atoms with E-state index in [1.807, 2.05) is 18.7 Å². The number of hydrogen-bond donors (Lipinski definition) is 1. The second-order valence-corrected chi connectivity index (χ2v) is 9.34. The van der Waals surface area contributed by atoms with Gasteiger partial charge in [-0.15, -0.1) is 0 Å². The number of hydrogen-bond acceptors (Lipinski definition) is 8. The summed E-state index contributed by atoms with van der Waals surface area (Å²) in [7, 11) is 0. The molecule has 1 aromatic rings. The van der Waals surface area contributed by atoms with E-state index in [4.69, 9.17) is 16.3 Å². The third-order valence-electron chi connectivity index (χ3n) is 5.68. The third-order valence-corrected chi connectivity index (χ3v) is 6.71. The highest BCUT2D eigenvalue weighted by atomic mass is 35.5. The first-order chi connectivity index (χ1) is 16.3. The first-order valence-electron chi connectivity index (χ1n) is 11.5. The lowest BCUT2D eigenvalue weighted by Gasteiger charge is -2.40. The smallest absolute Gasteiger partial charge is 0.409 e. The summed E-state index contributed by atoms with van der Waals surface area (Å²) in [6, 6.07) is 1.66. The van der Waals surface area contributed by atoms with E-state index in [-0.39, 0.29) is 29.8 Å². The second-order valence-electron chi connectivity index (χ2n) is 8.01. The van der Waals surface area contributed by atoms with E-state index >= 15 is 0 Å². The van der Waals surface area contributed by atoms with Gasteiger partial charge in [0, 0.05) is 64.5 Å². The van der Waals surface area contributed by atoms with E-state index in [0.29, 0.717) is 75.1 Å². The Labute approximate surface area is 209 Å². The fourth-order valence-electron chi connectivity index (χ4n) is 3.90. The number of nitrogens with zero attached hydrogens (tertiary/aromatic N) is 6. The molecule has 11 nitrogen and oxygen atoms in total. The van der Waals surface area contributed by atoms with Gasteiger partial charge in [0.15, 0.2) is 5.16 Å². The van der Waals surface area contributed by atoms with E-state index in [0.717, 1.165) is 0 Å². The maximum absolute atomic E-state index is 12.7. The number of urea groups is 1. The van der Waals surface area contributed by atoms with Crippen LogP contribution in [0.3, 0.4) is 0 Å². The minimum absolute atomic E-state index is 0.0139. The minimum Gasteiger partial charge on any atom is -0.450 e. The summed E-state index contributed by atoms with van der Waals surface area (Å²) >= 11 is 7.49. The van der Waals surface area contributed by atoms with Crippen LogP contribution in [0.2, 0.25) is 5.15 Å². The average Bonchev–Trinajstić information content (AvgIpc) is 2.82. The molecule has 4 amide bonds. The molecule has 2 aliphatic rings. The predicted octanol–water partition coefficient (Wildman–Crippen LogP) is 1.76. The van der Waals surface area contributed by atoms with Crippen LogP contribution in [-0.4, -0.2) is 113 Å². The number of amides is 4. The normalized spacial score (nSPS) is 18.6. The highest BCUT2D eigenvalue weighted by molar-refractivity contribution is 7.99. The van der Waals surface area contributed by atoms with Crippen LogP contribution in [-0.2, 0) is 9.53 Å². The van der Waals surface area contributed by atoms with Gasteiger partial charge >= 0.3 is 12.1 Å². The van der Waals surface area contributed by atoms with Gasteiger partial charge in [0.2, 0.25) is 5.91 Å². The lowest BCUT2D eigenvalue weighted by Crippen LogP contribution is -2.56. The number of carbonyl (C=O) groups excluding carboxylic acids is 3. The summed E-state index contributed by atoms with van der Waals surface area (Å²) in [6.07, 6.45) is -0.343. The van der Waals surface area contributed by atoms with E-state index in [1.54, 1.807) is 22.8 Å². The summed E-state index contributed by atoms with van der Waals surface area (Å²) in [4.78, 5) is 52.8. The lowest BCUT2D eigenvalue weighted by atomic mass is 10.2. The Morgan fingerprint density at radius 1 is 1.12 bits per heavy atom. The second kappa shape index (κ2) is 12.3. The monoisotopic (exact) mass is 513 g/mol. The Morgan fingerprint density at radius 2 is 1.82 bits per heavy atom. The van der Waals surface area contributed by atoms with Gasteiger partial charge in [0.1, 0.15) is 11.0 Å². The molecular weight excluding hydrogens is 482 g/mol. The number of carbonyl (C=O) groups is 3. The highest BCUT2D eigenvalue weighted by Crippen LogP contribution is 2.24. The van der Waals surface area contributed by atoms with Crippen LogP contribution >= 0.6 is 23.4 Å². The van der Waals surface area contributed by atoms with Crippen LogP contribution in [0.25, 0.3) is 0 Å². The van der Waals surface area contributed by atoms with E-state index < -0.39 is 0 Å². The van der Waals surface area contributed by atoms with Crippen LogP contribution in [0.15, 0.2) is 11.2 Å². The Kier molecular flexibility index (Phi) is 9.45. The molecule has 1 N–H and O–H groups in total. The molecule has 1 atom stereocenters. The van der Waals surface area contributed by atoms with E-state index in [1.165, 1.54) is 11.8 Å². The zero-order valence-corrected chi connectivity index (χ0v) is 21.4. The van der Waals surface area contributed by atoms with Crippen molar-refractivity contribution in [1.29, 1.82) is 0 Å². The van der Waals surface area contributed by atoms with Gasteiger partial charge in [0.05, 0.1) is 12.4 Å².